The van der Waals surface area contributed by atoms with Crippen LogP contribution in [0.1, 0.15) is 5.56 Å². The quantitative estimate of drug-likeness (QED) is 0.687. The first-order valence-electron chi connectivity index (χ1n) is 8.87. The molecule has 28 heavy (non-hydrogen) atoms. The highest BCUT2D eigenvalue weighted by Crippen LogP contribution is 2.32. The van der Waals surface area contributed by atoms with Gasteiger partial charge in [0.05, 0.1) is 4.90 Å². The number of fused-ring (bicyclic) bond motifs is 1. The number of nitrogens with one attached hydrogen (secondary N) is 1. The predicted octanol–water partition coefficient (Wildman–Crippen LogP) is 2.44. The van der Waals surface area contributed by atoms with Crippen molar-refractivity contribution in [3.63, 3.8) is 0 Å². The van der Waals surface area contributed by atoms with E-state index in [-0.39, 0.29) is 11.4 Å². The molecule has 0 atom stereocenters. The number of ether oxygens (including phenoxy) is 2. The summed E-state index contributed by atoms with van der Waals surface area (Å²) in [6.45, 7) is 1.11. The number of nitrogens with zero attached hydrogens (tertiary/aromatic N) is 2. The van der Waals surface area contributed by atoms with Crippen LogP contribution in [-0.4, -0.2) is 38.1 Å². The molecule has 0 bridgehead atoms. The molecule has 1 aliphatic rings. The van der Waals surface area contributed by atoms with Crippen LogP contribution in [0.3, 0.4) is 0 Å². The average molecular weight is 397 g/mol. The molecule has 2 aromatic carbocycles. The predicted molar refractivity (Wildman–Crippen MR) is 104 cm³/mol. The Balaban J connectivity index is 1.38. The third-order valence-electron chi connectivity index (χ3n) is 4.27. The standard InChI is InChI=1S/C20H19N3O4S/c24-28(25,17-6-7-18-19(12-17)27-11-10-26-18)23-9-8-15-13-21-20(22-14-15)16-4-2-1-3-5-16/h1-7,12-14,23H,8-11H2. The average Bonchev–Trinajstić information content (AvgIpc) is 2.74. The van der Waals surface area contributed by atoms with Crippen molar-refractivity contribution in [1.82, 2.24) is 14.7 Å². The van der Waals surface area contributed by atoms with E-state index >= 15 is 0 Å². The Labute approximate surface area is 163 Å². The fourth-order valence-electron chi connectivity index (χ4n) is 2.82. The Morgan fingerprint density at radius 2 is 1.64 bits per heavy atom. The molecule has 0 fully saturated rings. The van der Waals surface area contributed by atoms with Crippen molar-refractivity contribution in [2.45, 2.75) is 11.3 Å². The molecule has 1 aliphatic heterocycles. The maximum absolute atomic E-state index is 12.5. The second-order valence-corrected chi connectivity index (χ2v) is 8.00. The van der Waals surface area contributed by atoms with Crippen LogP contribution in [0.4, 0.5) is 0 Å². The van der Waals surface area contributed by atoms with E-state index in [1.807, 2.05) is 30.3 Å². The summed E-state index contributed by atoms with van der Waals surface area (Å²) in [6.07, 6.45) is 3.92. The van der Waals surface area contributed by atoms with Crippen molar-refractivity contribution in [3.05, 3.63) is 66.5 Å². The van der Waals surface area contributed by atoms with Gasteiger partial charge >= 0.3 is 0 Å². The zero-order valence-corrected chi connectivity index (χ0v) is 15.9. The molecule has 0 saturated heterocycles. The van der Waals surface area contributed by atoms with Crippen LogP contribution in [0.25, 0.3) is 11.4 Å². The molecule has 1 aromatic heterocycles. The fourth-order valence-corrected chi connectivity index (χ4v) is 3.87. The van der Waals surface area contributed by atoms with Crippen LogP contribution in [0.2, 0.25) is 0 Å². The third-order valence-corrected chi connectivity index (χ3v) is 5.73. The number of rotatable bonds is 6. The van der Waals surface area contributed by atoms with Gasteiger partial charge in [-0.15, -0.1) is 0 Å². The molecule has 3 aromatic rings. The Bertz CT molecular complexity index is 1050. The zero-order valence-electron chi connectivity index (χ0n) is 15.0. The minimum absolute atomic E-state index is 0.146. The van der Waals surface area contributed by atoms with E-state index in [0.717, 1.165) is 11.1 Å². The summed E-state index contributed by atoms with van der Waals surface area (Å²) in [5, 5.41) is 0. The molecule has 0 radical (unpaired) electrons. The highest BCUT2D eigenvalue weighted by atomic mass is 32.2. The summed E-state index contributed by atoms with van der Waals surface area (Å²) in [6, 6.07) is 14.3. The van der Waals surface area contributed by atoms with Crippen molar-refractivity contribution in [3.8, 4) is 22.9 Å². The lowest BCUT2D eigenvalue weighted by Gasteiger charge is -2.18. The molecule has 0 amide bonds. The fraction of sp³-hybridized carbons (Fsp3) is 0.200. The van der Waals surface area contributed by atoms with Crippen molar-refractivity contribution >= 4 is 10.0 Å². The number of hydrogen-bond donors (Lipinski definition) is 1. The first-order chi connectivity index (χ1) is 13.6. The number of benzene rings is 2. The van der Waals surface area contributed by atoms with Crippen molar-refractivity contribution in [2.24, 2.45) is 0 Å². The molecule has 1 N–H and O–H groups in total. The normalized spacial score (nSPS) is 13.3. The van der Waals surface area contributed by atoms with E-state index in [2.05, 4.69) is 14.7 Å². The molecular formula is C20H19N3O4S. The van der Waals surface area contributed by atoms with Gasteiger partial charge in [-0.25, -0.2) is 23.1 Å². The summed E-state index contributed by atoms with van der Waals surface area (Å²) >= 11 is 0. The maximum atomic E-state index is 12.5. The van der Waals surface area contributed by atoms with Gasteiger partial charge in [-0.2, -0.15) is 0 Å². The summed E-state index contributed by atoms with van der Waals surface area (Å²) in [4.78, 5) is 8.85. The van der Waals surface area contributed by atoms with E-state index in [4.69, 9.17) is 9.47 Å². The highest BCUT2D eigenvalue weighted by molar-refractivity contribution is 7.89. The van der Waals surface area contributed by atoms with E-state index in [0.29, 0.717) is 37.0 Å². The van der Waals surface area contributed by atoms with Gasteiger partial charge in [0, 0.05) is 30.6 Å². The number of aromatic nitrogens is 2. The van der Waals surface area contributed by atoms with Gasteiger partial charge < -0.3 is 9.47 Å². The van der Waals surface area contributed by atoms with Gasteiger partial charge in [-0.3, -0.25) is 0 Å². The summed E-state index contributed by atoms with van der Waals surface area (Å²) in [5.74, 6) is 1.64. The Hall–Kier alpha value is -2.97. The smallest absolute Gasteiger partial charge is 0.240 e. The number of sulfonamides is 1. The van der Waals surface area contributed by atoms with Gasteiger partial charge in [0.2, 0.25) is 10.0 Å². The van der Waals surface area contributed by atoms with Crippen LogP contribution in [0.15, 0.2) is 65.8 Å². The van der Waals surface area contributed by atoms with Crippen LogP contribution < -0.4 is 14.2 Å². The van der Waals surface area contributed by atoms with Crippen LogP contribution >= 0.6 is 0 Å². The molecule has 8 heteroatoms. The number of hydrogen-bond acceptors (Lipinski definition) is 6. The van der Waals surface area contributed by atoms with Gasteiger partial charge in [0.15, 0.2) is 17.3 Å². The molecule has 4 rings (SSSR count). The SMILES string of the molecule is O=S(=O)(NCCc1cnc(-c2ccccc2)nc1)c1ccc2c(c1)OCCO2. The molecular weight excluding hydrogens is 378 g/mol. The highest BCUT2D eigenvalue weighted by Gasteiger charge is 2.19. The van der Waals surface area contributed by atoms with Crippen LogP contribution in [0, 0.1) is 0 Å². The monoisotopic (exact) mass is 397 g/mol. The van der Waals surface area contributed by atoms with E-state index in [1.165, 1.54) is 12.1 Å². The van der Waals surface area contributed by atoms with E-state index in [9.17, 15) is 8.42 Å². The maximum Gasteiger partial charge on any atom is 0.240 e. The lowest BCUT2D eigenvalue weighted by Crippen LogP contribution is -2.26. The molecule has 144 valence electrons. The Morgan fingerprint density at radius 3 is 2.39 bits per heavy atom. The minimum atomic E-state index is -3.64. The summed E-state index contributed by atoms with van der Waals surface area (Å²) < 4.78 is 38.5. The Morgan fingerprint density at radius 1 is 0.929 bits per heavy atom. The van der Waals surface area contributed by atoms with Crippen LogP contribution in [-0.2, 0) is 16.4 Å². The van der Waals surface area contributed by atoms with Gasteiger partial charge in [0.1, 0.15) is 13.2 Å². The van der Waals surface area contributed by atoms with E-state index < -0.39 is 10.0 Å². The lowest BCUT2D eigenvalue weighted by atomic mass is 10.2. The lowest BCUT2D eigenvalue weighted by molar-refractivity contribution is 0.171. The minimum Gasteiger partial charge on any atom is -0.486 e. The Kier molecular flexibility index (Phi) is 5.23. The van der Waals surface area contributed by atoms with Gasteiger partial charge in [0.25, 0.3) is 0 Å². The topological polar surface area (TPSA) is 90.4 Å². The zero-order chi connectivity index (χ0) is 19.4. The molecule has 7 nitrogen and oxygen atoms in total. The van der Waals surface area contributed by atoms with Gasteiger partial charge in [-0.05, 0) is 24.1 Å². The molecule has 0 spiro atoms. The molecule has 2 heterocycles. The first kappa shape index (κ1) is 18.4. The second kappa shape index (κ2) is 7.95. The molecule has 0 unspecified atom stereocenters. The third kappa shape index (κ3) is 4.13. The molecule has 0 saturated carbocycles. The van der Waals surface area contributed by atoms with Crippen molar-refractivity contribution in [2.75, 3.05) is 19.8 Å². The largest absolute Gasteiger partial charge is 0.486 e. The van der Waals surface area contributed by atoms with E-state index in [1.54, 1.807) is 18.5 Å². The summed E-state index contributed by atoms with van der Waals surface area (Å²) in [5.41, 5.74) is 1.79. The first-order valence-corrected chi connectivity index (χ1v) is 10.4. The van der Waals surface area contributed by atoms with Crippen molar-refractivity contribution in [1.29, 1.82) is 0 Å². The molecule has 0 aliphatic carbocycles. The van der Waals surface area contributed by atoms with Crippen molar-refractivity contribution < 1.29 is 17.9 Å². The second-order valence-electron chi connectivity index (χ2n) is 6.23. The summed E-state index contributed by atoms with van der Waals surface area (Å²) in [7, 11) is -3.64. The van der Waals surface area contributed by atoms with Crippen LogP contribution in [0.5, 0.6) is 11.5 Å². The van der Waals surface area contributed by atoms with Gasteiger partial charge in [-0.1, -0.05) is 30.3 Å².